The van der Waals surface area contributed by atoms with Gasteiger partial charge in [0.15, 0.2) is 0 Å². The van der Waals surface area contributed by atoms with Crippen LogP contribution in [-0.4, -0.2) is 9.78 Å². The number of hydrogen-bond donors (Lipinski definition) is 0. The molecule has 4 rings (SSSR count). The highest BCUT2D eigenvalue weighted by atomic mass is 19.1. The molecule has 0 saturated carbocycles. The first kappa shape index (κ1) is 12.1. The Kier molecular flexibility index (Phi) is 2.71. The second kappa shape index (κ2) is 4.70. The summed E-state index contributed by atoms with van der Waals surface area (Å²) < 4.78 is 16.1. The molecule has 1 aromatic heterocycles. The van der Waals surface area contributed by atoms with Crippen LogP contribution in [-0.2, 0) is 6.54 Å². The topological polar surface area (TPSA) is 17.8 Å². The van der Waals surface area contributed by atoms with E-state index in [-0.39, 0.29) is 5.82 Å². The van der Waals surface area contributed by atoms with Crippen molar-refractivity contribution in [3.8, 4) is 0 Å². The first-order valence-corrected chi connectivity index (χ1v) is 6.89. The molecule has 1 heterocycles. The van der Waals surface area contributed by atoms with Gasteiger partial charge in [0.25, 0.3) is 0 Å². The van der Waals surface area contributed by atoms with Crippen LogP contribution in [0.25, 0.3) is 21.7 Å². The SMILES string of the molecule is Fc1cc2ccccc2c2c1cnn2Cc1ccccc1. The van der Waals surface area contributed by atoms with Crippen LogP contribution in [0.3, 0.4) is 0 Å². The highest BCUT2D eigenvalue weighted by Gasteiger charge is 2.12. The smallest absolute Gasteiger partial charge is 0.134 e. The van der Waals surface area contributed by atoms with E-state index in [9.17, 15) is 4.39 Å². The number of benzene rings is 3. The fraction of sp³-hybridized carbons (Fsp3) is 0.0556. The van der Waals surface area contributed by atoms with Crippen LogP contribution in [0.4, 0.5) is 4.39 Å². The average molecular weight is 276 g/mol. The van der Waals surface area contributed by atoms with Crippen molar-refractivity contribution in [2.45, 2.75) is 6.54 Å². The minimum atomic E-state index is -0.219. The maximum Gasteiger partial charge on any atom is 0.134 e. The van der Waals surface area contributed by atoms with Crippen LogP contribution in [0.2, 0.25) is 0 Å². The molecule has 0 aliphatic rings. The molecular formula is C18H13FN2. The van der Waals surface area contributed by atoms with Crippen LogP contribution in [0.5, 0.6) is 0 Å². The van der Waals surface area contributed by atoms with Crippen molar-refractivity contribution in [1.82, 2.24) is 9.78 Å². The molecule has 102 valence electrons. The minimum absolute atomic E-state index is 0.219. The van der Waals surface area contributed by atoms with E-state index in [1.165, 1.54) is 0 Å². The second-order valence-corrected chi connectivity index (χ2v) is 5.13. The van der Waals surface area contributed by atoms with Crippen molar-refractivity contribution in [3.05, 3.63) is 78.2 Å². The number of rotatable bonds is 2. The number of halogens is 1. The number of hydrogen-bond acceptors (Lipinski definition) is 1. The number of fused-ring (bicyclic) bond motifs is 3. The van der Waals surface area contributed by atoms with Gasteiger partial charge in [0.2, 0.25) is 0 Å². The lowest BCUT2D eigenvalue weighted by Crippen LogP contribution is -2.01. The molecule has 0 aliphatic carbocycles. The van der Waals surface area contributed by atoms with Crippen LogP contribution >= 0.6 is 0 Å². The van der Waals surface area contributed by atoms with Crippen molar-refractivity contribution in [1.29, 1.82) is 0 Å². The zero-order chi connectivity index (χ0) is 14.2. The van der Waals surface area contributed by atoms with Gasteiger partial charge in [-0.2, -0.15) is 5.10 Å². The summed E-state index contributed by atoms with van der Waals surface area (Å²) in [4.78, 5) is 0. The third-order valence-corrected chi connectivity index (χ3v) is 3.77. The predicted octanol–water partition coefficient (Wildman–Crippen LogP) is 4.38. The largest absolute Gasteiger partial charge is 0.260 e. The van der Waals surface area contributed by atoms with Crippen molar-refractivity contribution >= 4 is 21.7 Å². The van der Waals surface area contributed by atoms with Crippen LogP contribution in [0.1, 0.15) is 5.56 Å². The molecule has 0 spiro atoms. The standard InChI is InChI=1S/C18H13FN2/c19-17-10-14-8-4-5-9-15(14)18-16(17)11-20-21(18)12-13-6-2-1-3-7-13/h1-11H,12H2. The van der Waals surface area contributed by atoms with Crippen molar-refractivity contribution in [2.24, 2.45) is 0 Å². The van der Waals surface area contributed by atoms with Crippen LogP contribution < -0.4 is 0 Å². The van der Waals surface area contributed by atoms with E-state index in [1.54, 1.807) is 12.3 Å². The predicted molar refractivity (Wildman–Crippen MR) is 82.7 cm³/mol. The first-order chi connectivity index (χ1) is 10.3. The molecule has 4 aromatic rings. The molecule has 0 N–H and O–H groups in total. The van der Waals surface area contributed by atoms with Gasteiger partial charge in [-0.15, -0.1) is 0 Å². The van der Waals surface area contributed by atoms with E-state index in [1.807, 2.05) is 47.1 Å². The van der Waals surface area contributed by atoms with E-state index in [0.717, 1.165) is 21.9 Å². The molecule has 2 nitrogen and oxygen atoms in total. The minimum Gasteiger partial charge on any atom is -0.260 e. The lowest BCUT2D eigenvalue weighted by atomic mass is 10.1. The van der Waals surface area contributed by atoms with E-state index >= 15 is 0 Å². The van der Waals surface area contributed by atoms with Gasteiger partial charge >= 0.3 is 0 Å². The average Bonchev–Trinajstić information content (AvgIpc) is 2.93. The number of aromatic nitrogens is 2. The van der Waals surface area contributed by atoms with Crippen molar-refractivity contribution in [2.75, 3.05) is 0 Å². The fourth-order valence-corrected chi connectivity index (χ4v) is 2.77. The summed E-state index contributed by atoms with van der Waals surface area (Å²) in [7, 11) is 0. The van der Waals surface area contributed by atoms with Gasteiger partial charge in [0.1, 0.15) is 5.82 Å². The van der Waals surface area contributed by atoms with E-state index in [2.05, 4.69) is 17.2 Å². The van der Waals surface area contributed by atoms with Crippen LogP contribution in [0, 0.1) is 5.82 Å². The molecule has 21 heavy (non-hydrogen) atoms. The Bertz CT molecular complexity index is 926. The van der Waals surface area contributed by atoms with Crippen molar-refractivity contribution in [3.63, 3.8) is 0 Å². The highest BCUT2D eigenvalue weighted by Crippen LogP contribution is 2.28. The summed E-state index contributed by atoms with van der Waals surface area (Å²) in [6.45, 7) is 0.637. The van der Waals surface area contributed by atoms with Gasteiger partial charge in [-0.25, -0.2) is 4.39 Å². The molecule has 0 amide bonds. The molecule has 0 bridgehead atoms. The van der Waals surface area contributed by atoms with Gasteiger partial charge in [0.05, 0.1) is 23.6 Å². The van der Waals surface area contributed by atoms with Gasteiger partial charge < -0.3 is 0 Å². The maximum atomic E-state index is 14.2. The summed E-state index contributed by atoms with van der Waals surface area (Å²) in [6.07, 6.45) is 1.61. The molecule has 0 aliphatic heterocycles. The Balaban J connectivity index is 1.98. The summed E-state index contributed by atoms with van der Waals surface area (Å²) in [5.41, 5.74) is 2.00. The van der Waals surface area contributed by atoms with Crippen LogP contribution in [0.15, 0.2) is 66.9 Å². The van der Waals surface area contributed by atoms with Gasteiger partial charge in [-0.1, -0.05) is 54.6 Å². The lowest BCUT2D eigenvalue weighted by Gasteiger charge is -2.07. The monoisotopic (exact) mass is 276 g/mol. The third kappa shape index (κ3) is 1.98. The Morgan fingerprint density at radius 2 is 1.67 bits per heavy atom. The van der Waals surface area contributed by atoms with E-state index < -0.39 is 0 Å². The molecule has 3 aromatic carbocycles. The number of nitrogens with zero attached hydrogens (tertiary/aromatic N) is 2. The normalized spacial score (nSPS) is 11.3. The Morgan fingerprint density at radius 1 is 0.905 bits per heavy atom. The third-order valence-electron chi connectivity index (χ3n) is 3.77. The summed E-state index contributed by atoms with van der Waals surface area (Å²) >= 11 is 0. The second-order valence-electron chi connectivity index (χ2n) is 5.13. The van der Waals surface area contributed by atoms with Gasteiger partial charge in [-0.3, -0.25) is 4.68 Å². The summed E-state index contributed by atoms with van der Waals surface area (Å²) in [6, 6.07) is 19.5. The zero-order valence-electron chi connectivity index (χ0n) is 11.3. The lowest BCUT2D eigenvalue weighted by molar-refractivity contribution is 0.641. The Hall–Kier alpha value is -2.68. The highest BCUT2D eigenvalue weighted by molar-refractivity contribution is 6.05. The summed E-state index contributed by atoms with van der Waals surface area (Å²) in [5.74, 6) is -0.219. The maximum absolute atomic E-state index is 14.2. The molecule has 0 saturated heterocycles. The Labute approximate surface area is 121 Å². The molecule has 0 atom stereocenters. The quantitative estimate of drug-likeness (QED) is 0.531. The van der Waals surface area contributed by atoms with E-state index in [4.69, 9.17) is 0 Å². The zero-order valence-corrected chi connectivity index (χ0v) is 11.3. The molecular weight excluding hydrogens is 263 g/mol. The van der Waals surface area contributed by atoms with Gasteiger partial charge in [0, 0.05) is 5.39 Å². The molecule has 3 heteroatoms. The van der Waals surface area contributed by atoms with E-state index in [0.29, 0.717) is 11.9 Å². The van der Waals surface area contributed by atoms with Gasteiger partial charge in [-0.05, 0) is 17.0 Å². The van der Waals surface area contributed by atoms with Crippen molar-refractivity contribution < 1.29 is 4.39 Å². The summed E-state index contributed by atoms with van der Waals surface area (Å²) in [5, 5.41) is 6.88. The molecule has 0 unspecified atom stereocenters. The fourth-order valence-electron chi connectivity index (χ4n) is 2.77. The molecule has 0 radical (unpaired) electrons. The first-order valence-electron chi connectivity index (χ1n) is 6.89. The molecule has 0 fully saturated rings. The Morgan fingerprint density at radius 3 is 2.52 bits per heavy atom.